The van der Waals surface area contributed by atoms with Crippen molar-refractivity contribution in [2.75, 3.05) is 6.61 Å². The molecule has 0 spiro atoms. The highest BCUT2D eigenvalue weighted by Gasteiger charge is 2.12. The molecule has 0 aromatic carbocycles. The van der Waals surface area contributed by atoms with E-state index in [0.29, 0.717) is 6.73 Å². The van der Waals surface area contributed by atoms with Crippen molar-refractivity contribution in [3.8, 4) is 0 Å². The zero-order valence-electron chi connectivity index (χ0n) is 11.0. The van der Waals surface area contributed by atoms with Crippen LogP contribution in [0.25, 0.3) is 11.2 Å². The molecule has 0 saturated carbocycles. The largest absolute Gasteiger partial charge is 0.361 e. The van der Waals surface area contributed by atoms with Crippen LogP contribution >= 0.6 is 15.9 Å². The predicted octanol–water partition coefficient (Wildman–Crippen LogP) is 3.51. The quantitative estimate of drug-likeness (QED) is 0.623. The first-order chi connectivity index (χ1) is 8.46. The number of hydrogen-bond acceptors (Lipinski definition) is 3. The topological polar surface area (TPSA) is 39.9 Å². The van der Waals surface area contributed by atoms with Gasteiger partial charge in [0.1, 0.15) is 16.9 Å². The highest BCUT2D eigenvalue weighted by molar-refractivity contribution is 9.10. The number of aromatic nitrogens is 3. The number of halogens is 1. The first-order valence-electron chi connectivity index (χ1n) is 6.01. The van der Waals surface area contributed by atoms with Gasteiger partial charge in [0.15, 0.2) is 5.65 Å². The Kier molecular flexibility index (Phi) is 4.19. The molecule has 0 atom stereocenters. The van der Waals surface area contributed by atoms with Gasteiger partial charge in [-0.05, 0) is 28.0 Å². The van der Waals surface area contributed by atoms with Crippen molar-refractivity contribution in [2.45, 2.75) is 32.4 Å². The molecule has 18 heavy (non-hydrogen) atoms. The van der Waals surface area contributed by atoms with Gasteiger partial charge in [0.25, 0.3) is 0 Å². The van der Waals surface area contributed by atoms with Crippen molar-refractivity contribution in [2.24, 2.45) is 0 Å². The lowest BCUT2D eigenvalue weighted by Crippen LogP contribution is -2.22. The lowest BCUT2D eigenvalue weighted by atomic mass is 10.5. The van der Waals surface area contributed by atoms with E-state index in [1.807, 2.05) is 16.8 Å². The summed E-state index contributed by atoms with van der Waals surface area (Å²) in [4.78, 5) is 8.70. The summed E-state index contributed by atoms with van der Waals surface area (Å²) < 4.78 is 8.45. The number of rotatable bonds is 5. The minimum absolute atomic E-state index is 0.546. The third kappa shape index (κ3) is 3.63. The van der Waals surface area contributed by atoms with Gasteiger partial charge < -0.3 is 9.30 Å². The second-order valence-corrected chi connectivity index (χ2v) is 12.0. The maximum atomic E-state index is 5.71. The van der Waals surface area contributed by atoms with Gasteiger partial charge in [-0.2, -0.15) is 0 Å². The van der Waals surface area contributed by atoms with Crippen LogP contribution in [0, 0.1) is 0 Å². The molecule has 0 aliphatic heterocycles. The predicted molar refractivity (Wildman–Crippen MR) is 79.3 cm³/mol. The van der Waals surface area contributed by atoms with Crippen molar-refractivity contribution in [3.05, 3.63) is 23.1 Å². The standard InChI is InChI=1S/C12H18BrN3OSi/c1-18(2,3)7-6-17-9-16-5-4-10-12(16)14-8-11(13)15-10/h4-5,8H,6-7,9H2,1-3H3. The zero-order chi connectivity index (χ0) is 13.2. The van der Waals surface area contributed by atoms with Crippen LogP contribution in [0.1, 0.15) is 0 Å². The van der Waals surface area contributed by atoms with E-state index in [1.165, 1.54) is 6.04 Å². The molecule has 2 aromatic rings. The summed E-state index contributed by atoms with van der Waals surface area (Å²) in [6, 6.07) is 3.14. The molecule has 0 amide bonds. The Bertz CT molecular complexity index is 536. The highest BCUT2D eigenvalue weighted by Crippen LogP contribution is 2.14. The average Bonchev–Trinajstić information content (AvgIpc) is 2.65. The molecule has 2 rings (SSSR count). The molecule has 0 aliphatic rings. The minimum atomic E-state index is -1.01. The van der Waals surface area contributed by atoms with Gasteiger partial charge in [-0.25, -0.2) is 9.97 Å². The van der Waals surface area contributed by atoms with Gasteiger partial charge in [-0.1, -0.05) is 19.6 Å². The van der Waals surface area contributed by atoms with Crippen molar-refractivity contribution in [3.63, 3.8) is 0 Å². The molecule has 98 valence electrons. The van der Waals surface area contributed by atoms with Gasteiger partial charge in [0.05, 0.1) is 6.20 Å². The molecule has 0 radical (unpaired) electrons. The molecule has 2 aromatic heterocycles. The Labute approximate surface area is 117 Å². The fourth-order valence-electron chi connectivity index (χ4n) is 1.58. The van der Waals surface area contributed by atoms with E-state index in [4.69, 9.17) is 4.74 Å². The van der Waals surface area contributed by atoms with E-state index in [0.717, 1.165) is 22.4 Å². The average molecular weight is 328 g/mol. The molecule has 0 unspecified atom stereocenters. The van der Waals surface area contributed by atoms with E-state index in [9.17, 15) is 0 Å². The molecule has 4 nitrogen and oxygen atoms in total. The minimum Gasteiger partial charge on any atom is -0.361 e. The second-order valence-electron chi connectivity index (χ2n) is 5.54. The van der Waals surface area contributed by atoms with Gasteiger partial charge in [0.2, 0.25) is 0 Å². The van der Waals surface area contributed by atoms with Crippen LogP contribution in [0.4, 0.5) is 0 Å². The summed E-state index contributed by atoms with van der Waals surface area (Å²) in [6.45, 7) is 8.42. The van der Waals surface area contributed by atoms with Crippen LogP contribution in [0.2, 0.25) is 25.7 Å². The summed E-state index contributed by atoms with van der Waals surface area (Å²) in [5, 5.41) is 0. The maximum Gasteiger partial charge on any atom is 0.160 e. The van der Waals surface area contributed by atoms with E-state index in [2.05, 4.69) is 45.5 Å². The first kappa shape index (κ1) is 13.7. The van der Waals surface area contributed by atoms with Crippen LogP contribution in [0.15, 0.2) is 23.1 Å². The first-order valence-corrected chi connectivity index (χ1v) is 10.5. The van der Waals surface area contributed by atoms with Crippen LogP contribution in [0.5, 0.6) is 0 Å². The molecule has 0 N–H and O–H groups in total. The SMILES string of the molecule is C[Si](C)(C)CCOCn1ccc2nc(Br)cnc21. The molecular weight excluding hydrogens is 310 g/mol. The third-order valence-corrected chi connectivity index (χ3v) is 4.75. The van der Waals surface area contributed by atoms with Crippen molar-refractivity contribution >= 4 is 35.2 Å². The summed E-state index contributed by atoms with van der Waals surface area (Å²) in [6.07, 6.45) is 3.67. The Morgan fingerprint density at radius 3 is 2.89 bits per heavy atom. The fourth-order valence-corrected chi connectivity index (χ4v) is 2.63. The molecule has 0 aliphatic carbocycles. The Hall–Kier alpha value is -0.723. The molecule has 0 fully saturated rings. The summed E-state index contributed by atoms with van der Waals surface area (Å²) in [5.74, 6) is 0. The van der Waals surface area contributed by atoms with E-state index < -0.39 is 8.07 Å². The van der Waals surface area contributed by atoms with Gasteiger partial charge in [-0.15, -0.1) is 0 Å². The second kappa shape index (κ2) is 5.50. The highest BCUT2D eigenvalue weighted by atomic mass is 79.9. The lowest BCUT2D eigenvalue weighted by molar-refractivity contribution is 0.0899. The van der Waals surface area contributed by atoms with Gasteiger partial charge in [0, 0.05) is 20.9 Å². The van der Waals surface area contributed by atoms with E-state index in [1.54, 1.807) is 6.20 Å². The van der Waals surface area contributed by atoms with Crippen LogP contribution in [-0.4, -0.2) is 29.2 Å². The van der Waals surface area contributed by atoms with Crippen LogP contribution in [-0.2, 0) is 11.5 Å². The van der Waals surface area contributed by atoms with E-state index in [-0.39, 0.29) is 0 Å². The number of fused-ring (bicyclic) bond motifs is 1. The number of nitrogens with zero attached hydrogens (tertiary/aromatic N) is 3. The fraction of sp³-hybridized carbons (Fsp3) is 0.500. The molecule has 6 heteroatoms. The molecule has 0 saturated heterocycles. The van der Waals surface area contributed by atoms with Crippen molar-refractivity contribution < 1.29 is 4.74 Å². The summed E-state index contributed by atoms with van der Waals surface area (Å²) in [7, 11) is -1.01. The van der Waals surface area contributed by atoms with Gasteiger partial charge in [-0.3, -0.25) is 0 Å². The summed E-state index contributed by atoms with van der Waals surface area (Å²) in [5.41, 5.74) is 1.75. The lowest BCUT2D eigenvalue weighted by Gasteiger charge is -2.15. The third-order valence-electron chi connectivity index (χ3n) is 2.66. The maximum absolute atomic E-state index is 5.71. The van der Waals surface area contributed by atoms with Crippen LogP contribution in [0.3, 0.4) is 0 Å². The molecule has 0 bridgehead atoms. The smallest absolute Gasteiger partial charge is 0.160 e. The monoisotopic (exact) mass is 327 g/mol. The van der Waals surface area contributed by atoms with Crippen LogP contribution < -0.4 is 0 Å². The Balaban J connectivity index is 1.96. The van der Waals surface area contributed by atoms with Gasteiger partial charge >= 0.3 is 0 Å². The Morgan fingerprint density at radius 1 is 1.39 bits per heavy atom. The van der Waals surface area contributed by atoms with Crippen molar-refractivity contribution in [1.29, 1.82) is 0 Å². The number of ether oxygens (including phenoxy) is 1. The summed E-state index contributed by atoms with van der Waals surface area (Å²) >= 11 is 3.32. The van der Waals surface area contributed by atoms with E-state index >= 15 is 0 Å². The molecular formula is C12H18BrN3OSi. The van der Waals surface area contributed by atoms with Crippen molar-refractivity contribution in [1.82, 2.24) is 14.5 Å². The normalized spacial score (nSPS) is 12.2. The molecule has 2 heterocycles. The zero-order valence-corrected chi connectivity index (χ0v) is 13.6. The Morgan fingerprint density at radius 2 is 2.17 bits per heavy atom. The number of hydrogen-bond donors (Lipinski definition) is 0.